The van der Waals surface area contributed by atoms with E-state index in [-0.39, 0.29) is 0 Å². The maximum absolute atomic E-state index is 5.71. The number of methoxy groups -OCH3 is 1. The van der Waals surface area contributed by atoms with Crippen molar-refractivity contribution in [1.82, 2.24) is 4.98 Å². The number of rotatable bonds is 4. The van der Waals surface area contributed by atoms with Crippen molar-refractivity contribution in [2.24, 2.45) is 5.73 Å². The first-order valence-electron chi connectivity index (χ1n) is 5.59. The topological polar surface area (TPSA) is 48.1 Å². The van der Waals surface area contributed by atoms with Crippen LogP contribution in [-0.4, -0.2) is 17.1 Å². The highest BCUT2D eigenvalue weighted by atomic mass is 32.1. The molecule has 1 aromatic heterocycles. The van der Waals surface area contributed by atoms with E-state index in [1.54, 1.807) is 18.4 Å². The minimum absolute atomic E-state index is 0.420. The lowest BCUT2D eigenvalue weighted by Crippen LogP contribution is -2.09. The van der Waals surface area contributed by atoms with Crippen LogP contribution >= 0.6 is 23.6 Å². The Hall–Kier alpha value is -1.46. The zero-order chi connectivity index (χ0) is 13.1. The number of aromatic nitrogens is 1. The largest absolute Gasteiger partial charge is 0.497 e. The van der Waals surface area contributed by atoms with E-state index in [2.05, 4.69) is 11.9 Å². The van der Waals surface area contributed by atoms with Gasteiger partial charge in [-0.05, 0) is 30.7 Å². The summed E-state index contributed by atoms with van der Waals surface area (Å²) in [6.45, 7) is 2.05. The van der Waals surface area contributed by atoms with Gasteiger partial charge in [-0.2, -0.15) is 0 Å². The van der Waals surface area contributed by atoms with Gasteiger partial charge >= 0.3 is 0 Å². The van der Waals surface area contributed by atoms with Gasteiger partial charge in [0.2, 0.25) is 0 Å². The number of nitrogens with zero attached hydrogens (tertiary/aromatic N) is 1. The summed E-state index contributed by atoms with van der Waals surface area (Å²) in [6, 6.07) is 7.81. The van der Waals surface area contributed by atoms with Crippen molar-refractivity contribution in [1.29, 1.82) is 0 Å². The number of thiazole rings is 1. The first-order chi connectivity index (χ1) is 8.65. The third kappa shape index (κ3) is 2.52. The Balaban J connectivity index is 2.40. The summed E-state index contributed by atoms with van der Waals surface area (Å²) in [6.07, 6.45) is 0.833. The Morgan fingerprint density at radius 3 is 2.50 bits per heavy atom. The molecule has 0 bridgehead atoms. The molecule has 2 aromatic rings. The molecule has 0 radical (unpaired) electrons. The minimum Gasteiger partial charge on any atom is -0.497 e. The summed E-state index contributed by atoms with van der Waals surface area (Å²) in [5.41, 5.74) is 7.73. The lowest BCUT2D eigenvalue weighted by atomic mass is 10.2. The fourth-order valence-electron chi connectivity index (χ4n) is 1.64. The van der Waals surface area contributed by atoms with Gasteiger partial charge in [0.25, 0.3) is 0 Å². The molecule has 2 rings (SSSR count). The number of ether oxygens (including phenoxy) is 1. The van der Waals surface area contributed by atoms with Gasteiger partial charge in [0, 0.05) is 5.56 Å². The van der Waals surface area contributed by atoms with Crippen LogP contribution in [0, 0.1) is 0 Å². The molecule has 1 heterocycles. The maximum atomic E-state index is 5.71. The summed E-state index contributed by atoms with van der Waals surface area (Å²) in [5, 5.41) is 0.942. The number of thiocarbonyl (C=S) groups is 1. The number of hydrogen-bond donors (Lipinski definition) is 1. The molecule has 3 nitrogen and oxygen atoms in total. The van der Waals surface area contributed by atoms with Gasteiger partial charge in [-0.15, -0.1) is 11.3 Å². The lowest BCUT2D eigenvalue weighted by Gasteiger charge is -2.00. The summed E-state index contributed by atoms with van der Waals surface area (Å²) >= 11 is 6.59. The molecule has 0 spiro atoms. The third-order valence-corrected chi connectivity index (χ3v) is 4.11. The van der Waals surface area contributed by atoms with E-state index in [0.717, 1.165) is 33.3 Å². The predicted octanol–water partition coefficient (Wildman–Crippen LogP) is 3.02. The quantitative estimate of drug-likeness (QED) is 0.873. The van der Waals surface area contributed by atoms with Gasteiger partial charge in [0.05, 0.1) is 17.7 Å². The Labute approximate surface area is 116 Å². The summed E-state index contributed by atoms with van der Waals surface area (Å²) in [4.78, 5) is 5.92. The number of benzene rings is 1. The molecule has 5 heteroatoms. The van der Waals surface area contributed by atoms with E-state index < -0.39 is 0 Å². The SMILES string of the molecule is CCc1nc(-c2ccc(OC)cc2)sc1C(N)=S. The molecular formula is C13H14N2OS2. The molecule has 18 heavy (non-hydrogen) atoms. The van der Waals surface area contributed by atoms with Crippen molar-refractivity contribution in [3.05, 3.63) is 34.8 Å². The number of aryl methyl sites for hydroxylation is 1. The molecule has 0 aliphatic rings. The molecule has 0 amide bonds. The third-order valence-electron chi connectivity index (χ3n) is 2.59. The predicted molar refractivity (Wildman–Crippen MR) is 79.4 cm³/mol. The average Bonchev–Trinajstić information content (AvgIpc) is 2.83. The van der Waals surface area contributed by atoms with Crippen LogP contribution in [-0.2, 0) is 6.42 Å². The van der Waals surface area contributed by atoms with Crippen LogP contribution in [0.1, 0.15) is 17.5 Å². The van der Waals surface area contributed by atoms with E-state index in [1.807, 2.05) is 24.3 Å². The van der Waals surface area contributed by atoms with Crippen LogP contribution < -0.4 is 10.5 Å². The fourth-order valence-corrected chi connectivity index (χ4v) is 2.90. The van der Waals surface area contributed by atoms with Gasteiger partial charge in [-0.3, -0.25) is 0 Å². The molecule has 1 aromatic carbocycles. The molecular weight excluding hydrogens is 264 g/mol. The molecule has 94 valence electrons. The second-order valence-corrected chi connectivity index (χ2v) is 5.18. The van der Waals surface area contributed by atoms with Crippen LogP contribution in [0.25, 0.3) is 10.6 Å². The summed E-state index contributed by atoms with van der Waals surface area (Å²) in [7, 11) is 1.65. The second-order valence-electron chi connectivity index (χ2n) is 3.74. The summed E-state index contributed by atoms with van der Waals surface area (Å²) in [5.74, 6) is 0.834. The Bertz CT molecular complexity index is 561. The normalized spacial score (nSPS) is 10.3. The van der Waals surface area contributed by atoms with E-state index in [1.165, 1.54) is 0 Å². The zero-order valence-electron chi connectivity index (χ0n) is 10.3. The van der Waals surface area contributed by atoms with Gasteiger partial charge in [-0.1, -0.05) is 19.1 Å². The standard InChI is InChI=1S/C13H14N2OS2/c1-3-10-11(12(14)17)18-13(15-10)8-4-6-9(16-2)7-5-8/h4-7H,3H2,1-2H3,(H2,14,17). The molecule has 2 N–H and O–H groups in total. The van der Waals surface area contributed by atoms with Crippen molar-refractivity contribution in [3.8, 4) is 16.3 Å². The molecule has 0 fully saturated rings. The first-order valence-corrected chi connectivity index (χ1v) is 6.82. The average molecular weight is 278 g/mol. The Morgan fingerprint density at radius 2 is 2.06 bits per heavy atom. The lowest BCUT2D eigenvalue weighted by molar-refractivity contribution is 0.415. The monoisotopic (exact) mass is 278 g/mol. The Morgan fingerprint density at radius 1 is 1.39 bits per heavy atom. The maximum Gasteiger partial charge on any atom is 0.124 e. The van der Waals surface area contributed by atoms with Crippen LogP contribution in [0.5, 0.6) is 5.75 Å². The summed E-state index contributed by atoms with van der Waals surface area (Å²) < 4.78 is 5.14. The highest BCUT2D eigenvalue weighted by molar-refractivity contribution is 7.81. The minimum atomic E-state index is 0.420. The molecule has 0 saturated heterocycles. The van der Waals surface area contributed by atoms with Crippen molar-refractivity contribution < 1.29 is 4.74 Å². The second kappa shape index (κ2) is 5.46. The molecule has 0 aliphatic heterocycles. The molecule has 0 atom stereocenters. The van der Waals surface area contributed by atoms with Crippen LogP contribution in [0.4, 0.5) is 0 Å². The van der Waals surface area contributed by atoms with E-state index in [0.29, 0.717) is 4.99 Å². The molecule has 0 unspecified atom stereocenters. The van der Waals surface area contributed by atoms with Gasteiger partial charge in [-0.25, -0.2) is 4.98 Å². The Kier molecular flexibility index (Phi) is 3.93. The molecule has 0 saturated carbocycles. The van der Waals surface area contributed by atoms with Crippen molar-refractivity contribution in [3.63, 3.8) is 0 Å². The van der Waals surface area contributed by atoms with Crippen LogP contribution in [0.3, 0.4) is 0 Å². The van der Waals surface area contributed by atoms with Gasteiger partial charge in [0.15, 0.2) is 0 Å². The van der Waals surface area contributed by atoms with Crippen molar-refractivity contribution >= 4 is 28.5 Å². The number of nitrogens with two attached hydrogens (primary N) is 1. The van der Waals surface area contributed by atoms with Gasteiger partial charge in [0.1, 0.15) is 15.7 Å². The molecule has 0 aliphatic carbocycles. The van der Waals surface area contributed by atoms with Crippen LogP contribution in [0.2, 0.25) is 0 Å². The smallest absolute Gasteiger partial charge is 0.124 e. The fraction of sp³-hybridized carbons (Fsp3) is 0.231. The van der Waals surface area contributed by atoms with Crippen LogP contribution in [0.15, 0.2) is 24.3 Å². The van der Waals surface area contributed by atoms with E-state index in [4.69, 9.17) is 22.7 Å². The van der Waals surface area contributed by atoms with Crippen molar-refractivity contribution in [2.75, 3.05) is 7.11 Å². The van der Waals surface area contributed by atoms with E-state index in [9.17, 15) is 0 Å². The highest BCUT2D eigenvalue weighted by Crippen LogP contribution is 2.29. The van der Waals surface area contributed by atoms with E-state index >= 15 is 0 Å². The van der Waals surface area contributed by atoms with Gasteiger partial charge < -0.3 is 10.5 Å². The first kappa shape index (κ1) is 13.0. The zero-order valence-corrected chi connectivity index (χ0v) is 11.9. The number of hydrogen-bond acceptors (Lipinski definition) is 4. The highest BCUT2D eigenvalue weighted by Gasteiger charge is 2.13. The van der Waals surface area contributed by atoms with Crippen molar-refractivity contribution in [2.45, 2.75) is 13.3 Å².